The van der Waals surface area contributed by atoms with Crippen LogP contribution >= 0.6 is 23.2 Å². The lowest BCUT2D eigenvalue weighted by atomic mass is 10.2. The fraction of sp³-hybridized carbons (Fsp3) is 0.357. The number of likely N-dealkylation sites (tertiary alicyclic amines) is 1. The predicted molar refractivity (Wildman–Crippen MR) is 81.7 cm³/mol. The molecule has 0 spiro atoms. The van der Waals surface area contributed by atoms with Crippen molar-refractivity contribution in [2.45, 2.75) is 12.5 Å². The molecule has 6 heteroatoms. The summed E-state index contributed by atoms with van der Waals surface area (Å²) in [6.45, 7) is 1.51. The minimum atomic E-state index is 0.00568. The summed E-state index contributed by atoms with van der Waals surface area (Å²) in [6, 6.07) is 5.71. The van der Waals surface area contributed by atoms with Crippen molar-refractivity contribution in [2.75, 3.05) is 20.1 Å². The molecule has 0 saturated carbocycles. The second-order valence-electron chi connectivity index (χ2n) is 5.03. The Bertz CT molecular complexity index is 668. The van der Waals surface area contributed by atoms with Crippen LogP contribution in [0.5, 0.6) is 0 Å². The molecule has 0 bridgehead atoms. The van der Waals surface area contributed by atoms with Crippen molar-refractivity contribution in [1.29, 1.82) is 0 Å². The van der Waals surface area contributed by atoms with Gasteiger partial charge >= 0.3 is 0 Å². The van der Waals surface area contributed by atoms with Crippen LogP contribution in [0.3, 0.4) is 0 Å². The Kier molecular flexibility index (Phi) is 3.63. The maximum atomic E-state index is 12.5. The van der Waals surface area contributed by atoms with Crippen LogP contribution in [-0.4, -0.2) is 42.0 Å². The van der Waals surface area contributed by atoms with E-state index < -0.39 is 0 Å². The molecular formula is C14H15Cl2N3O. The molecule has 1 atom stereocenters. The quantitative estimate of drug-likeness (QED) is 0.896. The Morgan fingerprint density at radius 1 is 1.45 bits per heavy atom. The summed E-state index contributed by atoms with van der Waals surface area (Å²) in [5.41, 5.74) is 1.38. The number of carbonyl (C=O) groups is 1. The van der Waals surface area contributed by atoms with Gasteiger partial charge in [-0.2, -0.15) is 0 Å². The van der Waals surface area contributed by atoms with Crippen LogP contribution < -0.4 is 5.32 Å². The number of nitrogens with one attached hydrogen (secondary N) is 2. The highest BCUT2D eigenvalue weighted by molar-refractivity contribution is 6.45. The maximum Gasteiger partial charge on any atom is 0.270 e. The first-order chi connectivity index (χ1) is 9.60. The predicted octanol–water partition coefficient (Wildman–Crippen LogP) is 2.91. The van der Waals surface area contributed by atoms with E-state index in [-0.39, 0.29) is 5.91 Å². The minimum Gasteiger partial charge on any atom is -0.350 e. The average molecular weight is 312 g/mol. The number of aromatic nitrogens is 1. The molecule has 1 aliphatic heterocycles. The molecule has 0 unspecified atom stereocenters. The molecule has 1 amide bonds. The lowest BCUT2D eigenvalue weighted by Crippen LogP contribution is -2.33. The van der Waals surface area contributed by atoms with Crippen molar-refractivity contribution >= 4 is 40.0 Å². The first kappa shape index (κ1) is 13.7. The number of halogens is 2. The van der Waals surface area contributed by atoms with Gasteiger partial charge in [-0.15, -0.1) is 0 Å². The van der Waals surface area contributed by atoms with E-state index in [4.69, 9.17) is 23.2 Å². The third kappa shape index (κ3) is 2.28. The lowest BCUT2D eigenvalue weighted by Gasteiger charge is -2.15. The number of benzene rings is 1. The summed E-state index contributed by atoms with van der Waals surface area (Å²) >= 11 is 12.2. The molecule has 4 nitrogen and oxygen atoms in total. The van der Waals surface area contributed by atoms with E-state index in [1.54, 1.807) is 12.1 Å². The largest absolute Gasteiger partial charge is 0.350 e. The van der Waals surface area contributed by atoms with E-state index in [0.717, 1.165) is 30.4 Å². The van der Waals surface area contributed by atoms with Gasteiger partial charge in [-0.05, 0) is 31.7 Å². The number of amides is 1. The van der Waals surface area contributed by atoms with Crippen LogP contribution in [0, 0.1) is 0 Å². The molecule has 2 heterocycles. The Labute approximate surface area is 127 Å². The van der Waals surface area contributed by atoms with Crippen LogP contribution in [0.1, 0.15) is 16.9 Å². The summed E-state index contributed by atoms with van der Waals surface area (Å²) in [6.07, 6.45) is 0.981. The Hall–Kier alpha value is -1.23. The summed E-state index contributed by atoms with van der Waals surface area (Å²) in [7, 11) is 1.92. The Morgan fingerprint density at radius 3 is 2.95 bits per heavy atom. The smallest absolute Gasteiger partial charge is 0.270 e. The van der Waals surface area contributed by atoms with Crippen LogP contribution in [0.4, 0.5) is 0 Å². The topological polar surface area (TPSA) is 48.1 Å². The zero-order chi connectivity index (χ0) is 14.3. The number of aromatic amines is 1. The molecule has 2 aromatic rings. The third-order valence-electron chi connectivity index (χ3n) is 3.80. The van der Waals surface area contributed by atoms with E-state index in [2.05, 4.69) is 10.3 Å². The SMILES string of the molecule is CN[C@@H]1CCN(C(=O)c2cc3c(Cl)c(Cl)ccc3[nH]2)C1. The fourth-order valence-corrected chi connectivity index (χ4v) is 2.99. The van der Waals surface area contributed by atoms with Crippen molar-refractivity contribution in [3.8, 4) is 0 Å². The highest BCUT2D eigenvalue weighted by atomic mass is 35.5. The number of fused-ring (bicyclic) bond motifs is 1. The average Bonchev–Trinajstić information content (AvgIpc) is 3.08. The number of carbonyl (C=O) groups excluding carboxylic acids is 1. The molecule has 1 aliphatic rings. The van der Waals surface area contributed by atoms with Crippen LogP contribution in [0.25, 0.3) is 10.9 Å². The van der Waals surface area contributed by atoms with E-state index in [1.807, 2.05) is 18.0 Å². The summed E-state index contributed by atoms with van der Waals surface area (Å²) in [5.74, 6) is 0.00568. The second kappa shape index (κ2) is 5.28. The summed E-state index contributed by atoms with van der Waals surface area (Å²) in [5, 5.41) is 4.96. The number of likely N-dealkylation sites (N-methyl/N-ethyl adjacent to an activating group) is 1. The number of H-pyrrole nitrogens is 1. The van der Waals surface area contributed by atoms with Gasteiger partial charge in [0.1, 0.15) is 5.69 Å². The Balaban J connectivity index is 1.91. The number of nitrogens with zero attached hydrogens (tertiary/aromatic N) is 1. The van der Waals surface area contributed by atoms with E-state index in [9.17, 15) is 4.79 Å². The molecule has 1 fully saturated rings. The van der Waals surface area contributed by atoms with Gasteiger partial charge < -0.3 is 15.2 Å². The van der Waals surface area contributed by atoms with Crippen molar-refractivity contribution in [3.05, 3.63) is 33.9 Å². The molecule has 1 saturated heterocycles. The first-order valence-corrected chi connectivity index (χ1v) is 7.29. The van der Waals surface area contributed by atoms with Crippen LogP contribution in [-0.2, 0) is 0 Å². The van der Waals surface area contributed by atoms with Gasteiger partial charge in [0, 0.05) is 30.0 Å². The zero-order valence-electron chi connectivity index (χ0n) is 11.0. The van der Waals surface area contributed by atoms with Crippen LogP contribution in [0.15, 0.2) is 18.2 Å². The van der Waals surface area contributed by atoms with Gasteiger partial charge in [0.15, 0.2) is 0 Å². The molecule has 2 N–H and O–H groups in total. The van der Waals surface area contributed by atoms with Crippen molar-refractivity contribution in [1.82, 2.24) is 15.2 Å². The highest BCUT2D eigenvalue weighted by Gasteiger charge is 2.27. The fourth-order valence-electron chi connectivity index (χ4n) is 2.61. The number of hydrogen-bond acceptors (Lipinski definition) is 2. The van der Waals surface area contributed by atoms with Gasteiger partial charge in [0.05, 0.1) is 10.0 Å². The van der Waals surface area contributed by atoms with Crippen molar-refractivity contribution in [3.63, 3.8) is 0 Å². The highest BCUT2D eigenvalue weighted by Crippen LogP contribution is 2.31. The van der Waals surface area contributed by atoms with E-state index >= 15 is 0 Å². The molecular weight excluding hydrogens is 297 g/mol. The lowest BCUT2D eigenvalue weighted by molar-refractivity contribution is 0.0785. The van der Waals surface area contributed by atoms with Crippen LogP contribution in [0.2, 0.25) is 10.0 Å². The first-order valence-electron chi connectivity index (χ1n) is 6.53. The van der Waals surface area contributed by atoms with Crippen molar-refractivity contribution < 1.29 is 4.79 Å². The molecule has 1 aromatic carbocycles. The molecule has 0 radical (unpaired) electrons. The van der Waals surface area contributed by atoms with Gasteiger partial charge in [-0.3, -0.25) is 4.79 Å². The molecule has 106 valence electrons. The second-order valence-corrected chi connectivity index (χ2v) is 5.82. The maximum absolute atomic E-state index is 12.5. The summed E-state index contributed by atoms with van der Waals surface area (Å²) in [4.78, 5) is 17.4. The number of hydrogen-bond donors (Lipinski definition) is 2. The monoisotopic (exact) mass is 311 g/mol. The molecule has 0 aliphatic carbocycles. The van der Waals surface area contributed by atoms with Crippen molar-refractivity contribution in [2.24, 2.45) is 0 Å². The minimum absolute atomic E-state index is 0.00568. The Morgan fingerprint density at radius 2 is 2.25 bits per heavy atom. The van der Waals surface area contributed by atoms with Gasteiger partial charge in [0.2, 0.25) is 0 Å². The molecule has 1 aromatic heterocycles. The standard InChI is InChI=1S/C14H15Cl2N3O/c1-17-8-4-5-19(7-8)14(20)12-6-9-11(18-12)3-2-10(15)13(9)16/h2-3,6,8,17-18H,4-5,7H2,1H3/t8-/m1/s1. The molecule has 3 rings (SSSR count). The van der Waals surface area contributed by atoms with E-state index in [1.165, 1.54) is 0 Å². The normalized spacial score (nSPS) is 18.9. The van der Waals surface area contributed by atoms with Gasteiger partial charge in [-0.25, -0.2) is 0 Å². The molecule has 20 heavy (non-hydrogen) atoms. The van der Waals surface area contributed by atoms with Gasteiger partial charge in [-0.1, -0.05) is 23.2 Å². The summed E-state index contributed by atoms with van der Waals surface area (Å²) < 4.78 is 0. The number of rotatable bonds is 2. The van der Waals surface area contributed by atoms with E-state index in [0.29, 0.717) is 21.8 Å². The van der Waals surface area contributed by atoms with Gasteiger partial charge in [0.25, 0.3) is 5.91 Å². The zero-order valence-corrected chi connectivity index (χ0v) is 12.6. The third-order valence-corrected chi connectivity index (χ3v) is 4.62.